The SMILES string of the molecule is CCCCCCCCCCCCCCCCCC(=O)OC(COP(=O)(O)OCCNC(=O)OC)OC(=O)CCCCCCCCCCCCCCCCC. The van der Waals surface area contributed by atoms with E-state index >= 15 is 0 Å². The molecule has 0 bridgehead atoms. The summed E-state index contributed by atoms with van der Waals surface area (Å²) in [5, 5.41) is 2.32. The Morgan fingerprint density at radius 1 is 0.519 bits per heavy atom. The molecule has 1 atom stereocenters. The van der Waals surface area contributed by atoms with E-state index in [4.69, 9.17) is 18.5 Å². The molecule has 0 aliphatic carbocycles. The largest absolute Gasteiger partial charge is 0.472 e. The molecule has 0 fully saturated rings. The zero-order chi connectivity index (χ0) is 39.8. The maximum absolute atomic E-state index is 12.6. The van der Waals surface area contributed by atoms with Gasteiger partial charge in [-0.1, -0.05) is 194 Å². The first kappa shape index (κ1) is 52.3. The summed E-state index contributed by atoms with van der Waals surface area (Å²) in [5.41, 5.74) is 0. The number of esters is 2. The zero-order valence-electron chi connectivity index (χ0n) is 34.9. The standard InChI is InChI=1S/C42H82NO10P/c1-4-6-8-10-12-14-16-18-20-22-24-26-28-30-32-34-39(44)52-41(38-51-54(47,48)50-37-36-43-42(46)49-3)53-40(45)35-33-31-29-27-25-23-21-19-17-15-13-11-9-7-5-2/h41H,4-38H2,1-3H3,(H,43,46)(H,47,48). The molecule has 0 aliphatic rings. The number of hydrogen-bond acceptors (Lipinski definition) is 9. The topological polar surface area (TPSA) is 147 Å². The normalized spacial score (nSPS) is 12.5. The quantitative estimate of drug-likeness (QED) is 0.0265. The molecule has 0 saturated carbocycles. The number of rotatable bonds is 41. The third-order valence-corrected chi connectivity index (χ3v) is 10.7. The Bertz CT molecular complexity index is 874. The second-order valence-electron chi connectivity index (χ2n) is 14.8. The fourth-order valence-corrected chi connectivity index (χ4v) is 7.07. The average Bonchev–Trinajstić information content (AvgIpc) is 3.15. The molecule has 1 amide bonds. The van der Waals surface area contributed by atoms with E-state index in [0.717, 1.165) is 38.5 Å². The number of phosphoric acid groups is 1. The molecule has 2 N–H and O–H groups in total. The third kappa shape index (κ3) is 38.6. The van der Waals surface area contributed by atoms with Crippen LogP contribution in [-0.2, 0) is 37.4 Å². The van der Waals surface area contributed by atoms with Gasteiger partial charge in [0.1, 0.15) is 6.61 Å². The average molecular weight is 792 g/mol. The van der Waals surface area contributed by atoms with Crippen molar-refractivity contribution < 1.29 is 47.1 Å². The minimum atomic E-state index is -4.58. The molecule has 0 aromatic rings. The predicted molar refractivity (Wildman–Crippen MR) is 217 cm³/mol. The summed E-state index contributed by atoms with van der Waals surface area (Å²) in [4.78, 5) is 46.4. The van der Waals surface area contributed by atoms with E-state index in [1.165, 1.54) is 148 Å². The minimum absolute atomic E-state index is 0.0908. The van der Waals surface area contributed by atoms with Crippen LogP contribution in [0, 0.1) is 0 Å². The molecular weight excluding hydrogens is 709 g/mol. The van der Waals surface area contributed by atoms with Crippen LogP contribution in [0.25, 0.3) is 0 Å². The molecule has 0 radical (unpaired) electrons. The lowest BCUT2D eigenvalue weighted by Gasteiger charge is -2.20. The molecule has 320 valence electrons. The van der Waals surface area contributed by atoms with Crippen LogP contribution in [0.2, 0.25) is 0 Å². The van der Waals surface area contributed by atoms with Gasteiger partial charge in [-0.15, -0.1) is 0 Å². The summed E-state index contributed by atoms with van der Waals surface area (Å²) < 4.78 is 37.3. The van der Waals surface area contributed by atoms with E-state index in [2.05, 4.69) is 23.9 Å². The number of alkyl carbamates (subject to hydrolysis) is 1. The Morgan fingerprint density at radius 2 is 0.833 bits per heavy atom. The summed E-state index contributed by atoms with van der Waals surface area (Å²) >= 11 is 0. The van der Waals surface area contributed by atoms with Crippen LogP contribution >= 0.6 is 7.82 Å². The van der Waals surface area contributed by atoms with Crippen molar-refractivity contribution in [2.75, 3.05) is 26.9 Å². The molecular formula is C42H82NO10P. The second kappa shape index (κ2) is 39.6. The van der Waals surface area contributed by atoms with Crippen LogP contribution in [-0.4, -0.2) is 56.1 Å². The predicted octanol–water partition coefficient (Wildman–Crippen LogP) is 12.4. The van der Waals surface area contributed by atoms with Gasteiger partial charge < -0.3 is 24.4 Å². The highest BCUT2D eigenvalue weighted by atomic mass is 31.2. The van der Waals surface area contributed by atoms with Crippen molar-refractivity contribution in [3.63, 3.8) is 0 Å². The van der Waals surface area contributed by atoms with Crippen LogP contribution in [0.5, 0.6) is 0 Å². The van der Waals surface area contributed by atoms with E-state index < -0.39 is 38.8 Å². The van der Waals surface area contributed by atoms with Gasteiger partial charge in [0, 0.05) is 19.4 Å². The number of nitrogens with one attached hydrogen (secondary N) is 1. The Hall–Kier alpha value is -1.68. The first-order valence-electron chi connectivity index (χ1n) is 22.1. The highest BCUT2D eigenvalue weighted by Gasteiger charge is 2.27. The monoisotopic (exact) mass is 792 g/mol. The van der Waals surface area contributed by atoms with Crippen molar-refractivity contribution in [3.05, 3.63) is 0 Å². The fourth-order valence-electron chi connectivity index (χ4n) is 6.36. The summed E-state index contributed by atoms with van der Waals surface area (Å²) in [6.07, 6.45) is 34.6. The molecule has 0 spiro atoms. The summed E-state index contributed by atoms with van der Waals surface area (Å²) in [6, 6.07) is 0. The van der Waals surface area contributed by atoms with Gasteiger partial charge >= 0.3 is 25.9 Å². The number of phosphoric ester groups is 1. The van der Waals surface area contributed by atoms with Crippen molar-refractivity contribution in [2.45, 2.75) is 226 Å². The molecule has 0 rings (SSSR count). The number of carbonyl (C=O) groups excluding carboxylic acids is 3. The maximum atomic E-state index is 12.6. The smallest absolute Gasteiger partial charge is 0.453 e. The highest BCUT2D eigenvalue weighted by molar-refractivity contribution is 7.47. The van der Waals surface area contributed by atoms with Gasteiger partial charge in [0.15, 0.2) is 0 Å². The van der Waals surface area contributed by atoms with Crippen LogP contribution in [0.3, 0.4) is 0 Å². The molecule has 0 aromatic heterocycles. The third-order valence-electron chi connectivity index (χ3n) is 9.68. The minimum Gasteiger partial charge on any atom is -0.453 e. The Kier molecular flexibility index (Phi) is 38.3. The maximum Gasteiger partial charge on any atom is 0.472 e. The number of methoxy groups -OCH3 is 1. The molecule has 11 nitrogen and oxygen atoms in total. The van der Waals surface area contributed by atoms with Crippen molar-refractivity contribution in [3.8, 4) is 0 Å². The lowest BCUT2D eigenvalue weighted by molar-refractivity contribution is -0.193. The second-order valence-corrected chi connectivity index (χ2v) is 16.3. The van der Waals surface area contributed by atoms with Gasteiger partial charge in [0.05, 0.1) is 13.7 Å². The molecule has 0 aromatic carbocycles. The van der Waals surface area contributed by atoms with E-state index in [0.29, 0.717) is 12.8 Å². The van der Waals surface area contributed by atoms with Crippen LogP contribution in [0.15, 0.2) is 0 Å². The lowest BCUT2D eigenvalue weighted by atomic mass is 10.0. The summed E-state index contributed by atoms with van der Waals surface area (Å²) in [7, 11) is -3.39. The molecule has 12 heteroatoms. The van der Waals surface area contributed by atoms with Crippen molar-refractivity contribution in [2.24, 2.45) is 0 Å². The molecule has 54 heavy (non-hydrogen) atoms. The molecule has 1 unspecified atom stereocenters. The van der Waals surface area contributed by atoms with Gasteiger partial charge in [-0.05, 0) is 12.8 Å². The molecule has 0 aliphatic heterocycles. The van der Waals surface area contributed by atoms with Crippen molar-refractivity contribution >= 4 is 25.9 Å². The van der Waals surface area contributed by atoms with Crippen LogP contribution < -0.4 is 5.32 Å². The number of unbranched alkanes of at least 4 members (excludes halogenated alkanes) is 28. The Morgan fingerprint density at radius 3 is 1.15 bits per heavy atom. The number of carbonyl (C=O) groups is 3. The van der Waals surface area contributed by atoms with Crippen LogP contribution in [0.1, 0.15) is 219 Å². The van der Waals surface area contributed by atoms with E-state index in [1.54, 1.807) is 0 Å². The van der Waals surface area contributed by atoms with Crippen molar-refractivity contribution in [1.29, 1.82) is 0 Å². The lowest BCUT2D eigenvalue weighted by Crippen LogP contribution is -2.29. The van der Waals surface area contributed by atoms with Gasteiger partial charge in [0.25, 0.3) is 6.29 Å². The molecule has 0 saturated heterocycles. The highest BCUT2D eigenvalue weighted by Crippen LogP contribution is 2.43. The number of hydrogen-bond donors (Lipinski definition) is 2. The van der Waals surface area contributed by atoms with E-state index in [1.807, 2.05) is 0 Å². The van der Waals surface area contributed by atoms with E-state index in [9.17, 15) is 23.8 Å². The van der Waals surface area contributed by atoms with Gasteiger partial charge in [-0.25, -0.2) is 9.36 Å². The van der Waals surface area contributed by atoms with Crippen LogP contribution in [0.4, 0.5) is 4.79 Å². The first-order chi connectivity index (χ1) is 26.2. The summed E-state index contributed by atoms with van der Waals surface area (Å²) in [5.74, 6) is -1.12. The van der Waals surface area contributed by atoms with Gasteiger partial charge in [-0.2, -0.15) is 0 Å². The number of ether oxygens (including phenoxy) is 3. The Labute approximate surface area is 330 Å². The molecule has 0 heterocycles. The zero-order valence-corrected chi connectivity index (χ0v) is 35.8. The van der Waals surface area contributed by atoms with Gasteiger partial charge in [0.2, 0.25) is 0 Å². The van der Waals surface area contributed by atoms with Gasteiger partial charge in [-0.3, -0.25) is 18.6 Å². The van der Waals surface area contributed by atoms with E-state index in [-0.39, 0.29) is 26.0 Å². The van der Waals surface area contributed by atoms with Crippen molar-refractivity contribution in [1.82, 2.24) is 5.32 Å². The fraction of sp³-hybridized carbons (Fsp3) is 0.929. The Balaban J connectivity index is 4.35. The number of amides is 1. The first-order valence-corrected chi connectivity index (χ1v) is 23.6. The summed E-state index contributed by atoms with van der Waals surface area (Å²) in [6.45, 7) is 3.42.